The van der Waals surface area contributed by atoms with Gasteiger partial charge in [0.1, 0.15) is 5.82 Å². The smallest absolute Gasteiger partial charge is 0.131 e. The van der Waals surface area contributed by atoms with Gasteiger partial charge in [-0.15, -0.1) is 11.3 Å². The number of nitrogens with two attached hydrogens (primary N) is 1. The molecule has 2 heterocycles. The zero-order chi connectivity index (χ0) is 13.7. The number of aromatic nitrogens is 1. The molecule has 19 heavy (non-hydrogen) atoms. The molecule has 0 aromatic carbocycles. The van der Waals surface area contributed by atoms with Gasteiger partial charge in [0.05, 0.1) is 6.54 Å². The summed E-state index contributed by atoms with van der Waals surface area (Å²) >= 11 is 1.78. The van der Waals surface area contributed by atoms with Crippen LogP contribution in [0.5, 0.6) is 0 Å². The molecule has 102 valence electrons. The van der Waals surface area contributed by atoms with E-state index < -0.39 is 0 Å². The largest absolute Gasteiger partial charge is 0.354 e. The maximum atomic E-state index is 6.07. The van der Waals surface area contributed by atoms with E-state index in [0.717, 1.165) is 25.2 Å². The van der Waals surface area contributed by atoms with E-state index in [1.165, 1.54) is 10.4 Å². The van der Waals surface area contributed by atoms with E-state index in [4.69, 9.17) is 5.73 Å². The van der Waals surface area contributed by atoms with Crippen LogP contribution in [0.25, 0.3) is 0 Å². The summed E-state index contributed by atoms with van der Waals surface area (Å²) in [5.41, 5.74) is 7.30. The van der Waals surface area contributed by atoms with Gasteiger partial charge in [0.2, 0.25) is 0 Å². The van der Waals surface area contributed by atoms with Crippen LogP contribution in [0.3, 0.4) is 0 Å². The van der Waals surface area contributed by atoms with E-state index in [1.807, 2.05) is 12.3 Å². The number of thiophene rings is 1. The highest BCUT2D eigenvalue weighted by molar-refractivity contribution is 7.09. The normalized spacial score (nSPS) is 12.4. The second kappa shape index (κ2) is 6.68. The number of anilines is 1. The topological polar surface area (TPSA) is 42.1 Å². The number of nitrogens with zero attached hydrogens (tertiary/aromatic N) is 2. The van der Waals surface area contributed by atoms with Crippen LogP contribution in [0.1, 0.15) is 23.8 Å². The van der Waals surface area contributed by atoms with Gasteiger partial charge in [-0.05, 0) is 35.9 Å². The molecule has 0 bridgehead atoms. The highest BCUT2D eigenvalue weighted by Gasteiger charge is 2.11. The Balaban J connectivity index is 2.14. The van der Waals surface area contributed by atoms with Gasteiger partial charge in [0.15, 0.2) is 0 Å². The molecule has 2 N–H and O–H groups in total. The Morgan fingerprint density at radius 1 is 1.37 bits per heavy atom. The second-order valence-corrected chi connectivity index (χ2v) is 5.83. The minimum Gasteiger partial charge on any atom is -0.354 e. The van der Waals surface area contributed by atoms with Gasteiger partial charge in [0.25, 0.3) is 0 Å². The summed E-state index contributed by atoms with van der Waals surface area (Å²) in [6, 6.07) is 8.56. The van der Waals surface area contributed by atoms with Crippen molar-refractivity contribution in [3.8, 4) is 0 Å². The molecule has 0 fully saturated rings. The highest BCUT2D eigenvalue weighted by Crippen LogP contribution is 2.21. The zero-order valence-electron chi connectivity index (χ0n) is 11.5. The summed E-state index contributed by atoms with van der Waals surface area (Å²) in [6.07, 6.45) is 3.72. The number of hydrogen-bond donors (Lipinski definition) is 1. The Hall–Kier alpha value is -1.39. The minimum atomic E-state index is 0.207. The summed E-state index contributed by atoms with van der Waals surface area (Å²) in [5, 5.41) is 2.11. The van der Waals surface area contributed by atoms with Crippen molar-refractivity contribution >= 4 is 17.2 Å². The van der Waals surface area contributed by atoms with Crippen molar-refractivity contribution in [2.24, 2.45) is 5.73 Å². The van der Waals surface area contributed by atoms with E-state index >= 15 is 0 Å². The highest BCUT2D eigenvalue weighted by atomic mass is 32.1. The maximum Gasteiger partial charge on any atom is 0.131 e. The average molecular weight is 275 g/mol. The fourth-order valence-corrected chi connectivity index (χ4v) is 2.83. The van der Waals surface area contributed by atoms with Crippen LogP contribution in [-0.2, 0) is 13.0 Å². The van der Waals surface area contributed by atoms with E-state index in [0.29, 0.717) is 0 Å². The molecule has 0 amide bonds. The summed E-state index contributed by atoms with van der Waals surface area (Å²) in [5.74, 6) is 1.04. The molecule has 1 unspecified atom stereocenters. The van der Waals surface area contributed by atoms with Crippen LogP contribution in [0.2, 0.25) is 0 Å². The minimum absolute atomic E-state index is 0.207. The molecule has 0 aliphatic heterocycles. The number of pyridine rings is 1. The van der Waals surface area contributed by atoms with Crippen LogP contribution < -0.4 is 10.6 Å². The Morgan fingerprint density at radius 2 is 2.21 bits per heavy atom. The van der Waals surface area contributed by atoms with Gasteiger partial charge in [-0.25, -0.2) is 4.98 Å². The Morgan fingerprint density at radius 3 is 2.89 bits per heavy atom. The van der Waals surface area contributed by atoms with Crippen molar-refractivity contribution in [1.29, 1.82) is 0 Å². The lowest BCUT2D eigenvalue weighted by Gasteiger charge is -2.21. The lowest BCUT2D eigenvalue weighted by molar-refractivity contribution is 0.643. The van der Waals surface area contributed by atoms with E-state index in [2.05, 4.69) is 47.4 Å². The lowest BCUT2D eigenvalue weighted by Crippen LogP contribution is -2.24. The third kappa shape index (κ3) is 3.78. The third-order valence-corrected chi connectivity index (χ3v) is 4.07. The molecule has 2 aromatic heterocycles. The van der Waals surface area contributed by atoms with E-state index in [-0.39, 0.29) is 6.04 Å². The molecule has 0 aliphatic rings. The van der Waals surface area contributed by atoms with Crippen LogP contribution in [0.4, 0.5) is 5.82 Å². The van der Waals surface area contributed by atoms with Gasteiger partial charge < -0.3 is 10.6 Å². The summed E-state index contributed by atoms with van der Waals surface area (Å²) in [7, 11) is 2.09. The van der Waals surface area contributed by atoms with Crippen molar-refractivity contribution in [2.45, 2.75) is 32.4 Å². The van der Waals surface area contributed by atoms with Gasteiger partial charge in [0, 0.05) is 24.2 Å². The van der Waals surface area contributed by atoms with Gasteiger partial charge in [-0.1, -0.05) is 19.1 Å². The van der Waals surface area contributed by atoms with Gasteiger partial charge in [-0.3, -0.25) is 0 Å². The standard InChI is InChI=1S/C15H21N3S/c1-3-13(16)10-12-6-4-8-17-15(12)18(2)11-14-7-5-9-19-14/h4-9,13H,3,10-11,16H2,1-2H3. The quantitative estimate of drug-likeness (QED) is 0.881. The first-order valence-corrected chi connectivity index (χ1v) is 7.51. The second-order valence-electron chi connectivity index (χ2n) is 4.79. The van der Waals surface area contributed by atoms with Crippen molar-refractivity contribution in [1.82, 2.24) is 4.98 Å². The van der Waals surface area contributed by atoms with Crippen LogP contribution in [0, 0.1) is 0 Å². The SMILES string of the molecule is CCC(N)Cc1cccnc1N(C)Cc1cccs1. The Kier molecular flexibility index (Phi) is 4.93. The summed E-state index contributed by atoms with van der Waals surface area (Å²) in [6.45, 7) is 3.01. The lowest BCUT2D eigenvalue weighted by atomic mass is 10.1. The molecular weight excluding hydrogens is 254 g/mol. The fourth-order valence-electron chi connectivity index (χ4n) is 2.07. The molecule has 0 saturated heterocycles. The number of hydrogen-bond acceptors (Lipinski definition) is 4. The molecule has 4 heteroatoms. The molecule has 2 rings (SSSR count). The molecular formula is C15H21N3S. The average Bonchev–Trinajstić information content (AvgIpc) is 2.92. The van der Waals surface area contributed by atoms with Crippen molar-refractivity contribution < 1.29 is 0 Å². The number of rotatable bonds is 6. The third-order valence-electron chi connectivity index (χ3n) is 3.21. The van der Waals surface area contributed by atoms with E-state index in [1.54, 1.807) is 11.3 Å². The van der Waals surface area contributed by atoms with Crippen LogP contribution in [0.15, 0.2) is 35.8 Å². The molecule has 0 radical (unpaired) electrons. The summed E-state index contributed by atoms with van der Waals surface area (Å²) in [4.78, 5) is 8.07. The Bertz CT molecular complexity index is 496. The van der Waals surface area contributed by atoms with Gasteiger partial charge in [-0.2, -0.15) is 0 Å². The molecule has 1 atom stereocenters. The van der Waals surface area contributed by atoms with Gasteiger partial charge >= 0.3 is 0 Å². The fraction of sp³-hybridized carbons (Fsp3) is 0.400. The van der Waals surface area contributed by atoms with Crippen molar-refractivity contribution in [2.75, 3.05) is 11.9 Å². The first-order chi connectivity index (χ1) is 9.20. The monoisotopic (exact) mass is 275 g/mol. The van der Waals surface area contributed by atoms with Crippen molar-refractivity contribution in [3.63, 3.8) is 0 Å². The predicted octanol–water partition coefficient (Wildman–Crippen LogP) is 3.06. The zero-order valence-corrected chi connectivity index (χ0v) is 12.4. The first-order valence-electron chi connectivity index (χ1n) is 6.63. The van der Waals surface area contributed by atoms with Crippen molar-refractivity contribution in [3.05, 3.63) is 46.3 Å². The predicted molar refractivity (Wildman–Crippen MR) is 82.6 cm³/mol. The first kappa shape index (κ1) is 14.0. The Labute approximate surface area is 119 Å². The van der Waals surface area contributed by atoms with Crippen LogP contribution >= 0.6 is 11.3 Å². The molecule has 3 nitrogen and oxygen atoms in total. The van der Waals surface area contributed by atoms with Crippen LogP contribution in [-0.4, -0.2) is 18.1 Å². The molecule has 0 spiro atoms. The maximum absolute atomic E-state index is 6.07. The molecule has 0 saturated carbocycles. The molecule has 0 aliphatic carbocycles. The van der Waals surface area contributed by atoms with E-state index in [9.17, 15) is 0 Å². The summed E-state index contributed by atoms with van der Waals surface area (Å²) < 4.78 is 0. The molecule has 2 aromatic rings.